The van der Waals surface area contributed by atoms with E-state index in [9.17, 15) is 0 Å². The van der Waals surface area contributed by atoms with Gasteiger partial charge in [-0.2, -0.15) is 5.10 Å². The Balaban J connectivity index is 1.92. The predicted octanol–water partition coefficient (Wildman–Crippen LogP) is 0.856. The summed E-state index contributed by atoms with van der Waals surface area (Å²) in [5.74, 6) is 0. The number of nitrogens with one attached hydrogen (secondary N) is 1. The van der Waals surface area contributed by atoms with Gasteiger partial charge in [0, 0.05) is 18.9 Å². The van der Waals surface area contributed by atoms with Crippen LogP contribution in [0, 0.1) is 6.92 Å². The predicted molar refractivity (Wildman–Crippen MR) is 64.8 cm³/mol. The molecule has 0 aliphatic rings. The van der Waals surface area contributed by atoms with Gasteiger partial charge in [-0.1, -0.05) is 16.8 Å². The molecule has 0 bridgehead atoms. The van der Waals surface area contributed by atoms with E-state index < -0.39 is 0 Å². The summed E-state index contributed by atoms with van der Waals surface area (Å²) < 4.78 is 3.62. The Morgan fingerprint density at radius 3 is 2.71 bits per heavy atom. The molecule has 0 unspecified atom stereocenters. The molecule has 0 amide bonds. The summed E-state index contributed by atoms with van der Waals surface area (Å²) in [6.07, 6.45) is 3.75. The first-order chi connectivity index (χ1) is 8.19. The van der Waals surface area contributed by atoms with Gasteiger partial charge in [0.05, 0.1) is 29.5 Å². The Morgan fingerprint density at radius 2 is 2.06 bits per heavy atom. The fourth-order valence-electron chi connectivity index (χ4n) is 1.52. The SMILES string of the molecule is CNCc1cn(CCn2cc(Cl)c(C)n2)nn1. The molecule has 0 fully saturated rings. The fraction of sp³-hybridized carbons (Fsp3) is 0.500. The molecule has 0 spiro atoms. The van der Waals surface area contributed by atoms with Crippen LogP contribution in [0.15, 0.2) is 12.4 Å². The van der Waals surface area contributed by atoms with Gasteiger partial charge >= 0.3 is 0 Å². The van der Waals surface area contributed by atoms with Crippen LogP contribution in [0.4, 0.5) is 0 Å². The molecule has 6 nitrogen and oxygen atoms in total. The van der Waals surface area contributed by atoms with E-state index in [0.717, 1.165) is 31.0 Å². The summed E-state index contributed by atoms with van der Waals surface area (Å²) in [5.41, 5.74) is 1.78. The first-order valence-corrected chi connectivity index (χ1v) is 5.80. The average Bonchev–Trinajstić information content (AvgIpc) is 2.85. The zero-order valence-corrected chi connectivity index (χ0v) is 10.6. The van der Waals surface area contributed by atoms with Gasteiger partial charge < -0.3 is 5.32 Å². The molecule has 0 saturated heterocycles. The molecule has 1 N–H and O–H groups in total. The minimum atomic E-state index is 0.694. The smallest absolute Gasteiger partial charge is 0.0964 e. The highest BCUT2D eigenvalue weighted by Gasteiger charge is 2.03. The van der Waals surface area contributed by atoms with Crippen molar-refractivity contribution < 1.29 is 0 Å². The van der Waals surface area contributed by atoms with E-state index in [1.54, 1.807) is 4.68 Å². The van der Waals surface area contributed by atoms with Gasteiger partial charge in [-0.05, 0) is 14.0 Å². The average molecular weight is 255 g/mol. The highest BCUT2D eigenvalue weighted by Crippen LogP contribution is 2.11. The van der Waals surface area contributed by atoms with Crippen LogP contribution in [0.1, 0.15) is 11.4 Å². The molecular weight excluding hydrogens is 240 g/mol. The lowest BCUT2D eigenvalue weighted by Gasteiger charge is -2.00. The van der Waals surface area contributed by atoms with Crippen LogP contribution in [0.3, 0.4) is 0 Å². The Bertz CT molecular complexity index is 469. The van der Waals surface area contributed by atoms with Crippen LogP contribution >= 0.6 is 11.6 Å². The topological polar surface area (TPSA) is 60.6 Å². The maximum Gasteiger partial charge on any atom is 0.0964 e. The number of halogens is 1. The Morgan fingerprint density at radius 1 is 1.29 bits per heavy atom. The summed E-state index contributed by atoms with van der Waals surface area (Å²) in [4.78, 5) is 0. The minimum Gasteiger partial charge on any atom is -0.314 e. The zero-order chi connectivity index (χ0) is 12.3. The van der Waals surface area contributed by atoms with Crippen molar-refractivity contribution in [3.63, 3.8) is 0 Å². The van der Waals surface area contributed by atoms with E-state index in [-0.39, 0.29) is 0 Å². The van der Waals surface area contributed by atoms with Crippen molar-refractivity contribution in [2.24, 2.45) is 0 Å². The monoisotopic (exact) mass is 254 g/mol. The molecular formula is C10H15ClN6. The normalized spacial score (nSPS) is 11.0. The molecule has 0 aromatic carbocycles. The van der Waals surface area contributed by atoms with Crippen LogP contribution in [0.25, 0.3) is 0 Å². The molecule has 7 heteroatoms. The van der Waals surface area contributed by atoms with Crippen molar-refractivity contribution in [3.8, 4) is 0 Å². The van der Waals surface area contributed by atoms with E-state index in [2.05, 4.69) is 20.7 Å². The highest BCUT2D eigenvalue weighted by molar-refractivity contribution is 6.31. The van der Waals surface area contributed by atoms with Gasteiger partial charge in [0.1, 0.15) is 0 Å². The van der Waals surface area contributed by atoms with Crippen LogP contribution in [0.2, 0.25) is 5.02 Å². The van der Waals surface area contributed by atoms with Gasteiger partial charge in [0.2, 0.25) is 0 Å². The number of aromatic nitrogens is 5. The van der Waals surface area contributed by atoms with Crippen LogP contribution in [0.5, 0.6) is 0 Å². The summed E-state index contributed by atoms with van der Waals surface area (Å²) in [6, 6.07) is 0. The Labute approximate surface area is 105 Å². The Kier molecular flexibility index (Phi) is 3.75. The van der Waals surface area contributed by atoms with Crippen molar-refractivity contribution in [3.05, 3.63) is 28.8 Å². The lowest BCUT2D eigenvalue weighted by atomic mass is 10.5. The fourth-order valence-corrected chi connectivity index (χ4v) is 1.67. The van der Waals surface area contributed by atoms with Crippen LogP contribution in [-0.4, -0.2) is 31.8 Å². The summed E-state index contributed by atoms with van der Waals surface area (Å²) >= 11 is 5.93. The van der Waals surface area contributed by atoms with Gasteiger partial charge in [-0.25, -0.2) is 0 Å². The molecule has 0 aliphatic heterocycles. The van der Waals surface area contributed by atoms with Crippen molar-refractivity contribution in [2.45, 2.75) is 26.6 Å². The molecule has 2 heterocycles. The second-order valence-corrected chi connectivity index (χ2v) is 4.24. The van der Waals surface area contributed by atoms with Crippen molar-refractivity contribution in [1.82, 2.24) is 30.1 Å². The standard InChI is InChI=1S/C10H15ClN6/c1-8-10(11)7-16(14-8)3-4-17-6-9(5-12-2)13-15-17/h6-7,12H,3-5H2,1-2H3. The van der Waals surface area contributed by atoms with E-state index in [1.165, 1.54) is 0 Å². The number of aryl methyl sites for hydroxylation is 3. The summed E-state index contributed by atoms with van der Waals surface area (Å²) in [6.45, 7) is 4.08. The summed E-state index contributed by atoms with van der Waals surface area (Å²) in [7, 11) is 1.88. The second-order valence-electron chi connectivity index (χ2n) is 3.83. The number of hydrogen-bond donors (Lipinski definition) is 1. The third-order valence-corrected chi connectivity index (χ3v) is 2.76. The lowest BCUT2D eigenvalue weighted by Crippen LogP contribution is -2.08. The van der Waals surface area contributed by atoms with Crippen molar-refractivity contribution in [2.75, 3.05) is 7.05 Å². The molecule has 2 rings (SSSR count). The van der Waals surface area contributed by atoms with Crippen molar-refractivity contribution >= 4 is 11.6 Å². The van der Waals surface area contributed by atoms with Gasteiger partial charge in [-0.3, -0.25) is 9.36 Å². The highest BCUT2D eigenvalue weighted by atomic mass is 35.5. The zero-order valence-electron chi connectivity index (χ0n) is 9.89. The maximum absolute atomic E-state index is 5.93. The van der Waals surface area contributed by atoms with Crippen molar-refractivity contribution in [1.29, 1.82) is 0 Å². The van der Waals surface area contributed by atoms with Crippen LogP contribution in [-0.2, 0) is 19.6 Å². The van der Waals surface area contributed by atoms with E-state index in [0.29, 0.717) is 5.02 Å². The first kappa shape index (κ1) is 12.1. The molecule has 92 valence electrons. The van der Waals surface area contributed by atoms with E-state index in [4.69, 9.17) is 11.6 Å². The third-order valence-electron chi connectivity index (χ3n) is 2.39. The van der Waals surface area contributed by atoms with Gasteiger partial charge in [0.25, 0.3) is 0 Å². The van der Waals surface area contributed by atoms with Gasteiger partial charge in [0.15, 0.2) is 0 Å². The molecule has 17 heavy (non-hydrogen) atoms. The number of nitrogens with zero attached hydrogens (tertiary/aromatic N) is 5. The van der Waals surface area contributed by atoms with Gasteiger partial charge in [-0.15, -0.1) is 5.10 Å². The number of rotatable bonds is 5. The minimum absolute atomic E-state index is 0.694. The van der Waals surface area contributed by atoms with Crippen LogP contribution < -0.4 is 5.32 Å². The molecule has 0 saturated carbocycles. The first-order valence-electron chi connectivity index (χ1n) is 5.42. The molecule has 0 atom stereocenters. The number of hydrogen-bond acceptors (Lipinski definition) is 4. The molecule has 2 aromatic rings. The second kappa shape index (κ2) is 5.29. The molecule has 2 aromatic heterocycles. The third kappa shape index (κ3) is 3.04. The molecule has 0 aliphatic carbocycles. The largest absolute Gasteiger partial charge is 0.314 e. The van der Waals surface area contributed by atoms with E-state index >= 15 is 0 Å². The molecule has 0 radical (unpaired) electrons. The van der Waals surface area contributed by atoms with E-state index in [1.807, 2.05) is 31.0 Å². The maximum atomic E-state index is 5.93. The Hall–Kier alpha value is -1.40. The summed E-state index contributed by atoms with van der Waals surface area (Å²) in [5, 5.41) is 16.1. The lowest BCUT2D eigenvalue weighted by molar-refractivity contribution is 0.488. The quantitative estimate of drug-likeness (QED) is 0.860.